The molecule has 3 heterocycles. The molecule has 2 fully saturated rings. The van der Waals surface area contributed by atoms with Gasteiger partial charge in [-0.15, -0.1) is 22.9 Å². The predicted octanol–water partition coefficient (Wildman–Crippen LogP) is 2.79. The van der Waals surface area contributed by atoms with Crippen LogP contribution in [0.5, 0.6) is 0 Å². The van der Waals surface area contributed by atoms with Gasteiger partial charge in [-0.2, -0.15) is 0 Å². The van der Waals surface area contributed by atoms with Crippen molar-refractivity contribution < 1.29 is 14.3 Å². The fourth-order valence-corrected chi connectivity index (χ4v) is 5.23. The molecule has 0 saturated carbocycles. The number of nitrogens with one attached hydrogen (secondary N) is 2. The lowest BCUT2D eigenvalue weighted by Crippen LogP contribution is -2.65. The number of hydrazine groups is 1. The predicted molar refractivity (Wildman–Crippen MR) is 118 cm³/mol. The van der Waals surface area contributed by atoms with E-state index >= 15 is 0 Å². The van der Waals surface area contributed by atoms with Crippen LogP contribution in [0.25, 0.3) is 10.2 Å². The van der Waals surface area contributed by atoms with Crippen LogP contribution >= 0.6 is 22.9 Å². The number of rotatable bonds is 4. The van der Waals surface area contributed by atoms with Gasteiger partial charge in [0.15, 0.2) is 0 Å². The average molecular weight is 452 g/mol. The monoisotopic (exact) mass is 451 g/mol. The van der Waals surface area contributed by atoms with Gasteiger partial charge < -0.3 is 14.5 Å². The second kappa shape index (κ2) is 7.86. The molecule has 2 aliphatic heterocycles. The van der Waals surface area contributed by atoms with Gasteiger partial charge in [-0.25, -0.2) is 15.2 Å². The third kappa shape index (κ3) is 3.93. The quantitative estimate of drug-likeness (QED) is 0.422. The highest BCUT2D eigenvalue weighted by Crippen LogP contribution is 2.47. The first kappa shape index (κ1) is 21.1. The molecule has 0 radical (unpaired) electrons. The van der Waals surface area contributed by atoms with Crippen LogP contribution in [0.4, 0.5) is 10.5 Å². The number of hydrogen-bond donors (Lipinski definition) is 2. The Hall–Kier alpha value is -2.10. The van der Waals surface area contributed by atoms with Crippen LogP contribution in [-0.2, 0) is 9.53 Å². The summed E-state index contributed by atoms with van der Waals surface area (Å²) in [5, 5.41) is 0. The number of carbonyl (C=O) groups is 2. The highest BCUT2D eigenvalue weighted by Gasteiger charge is 2.58. The van der Waals surface area contributed by atoms with Gasteiger partial charge in [0.25, 0.3) is 0 Å². The summed E-state index contributed by atoms with van der Waals surface area (Å²) in [5.41, 5.74) is 8.36. The molecule has 0 aliphatic carbocycles. The molecule has 2 aliphatic rings. The molecule has 1 atom stereocenters. The van der Waals surface area contributed by atoms with Crippen molar-refractivity contribution >= 4 is 50.8 Å². The van der Waals surface area contributed by atoms with Crippen molar-refractivity contribution in [1.29, 1.82) is 0 Å². The van der Waals surface area contributed by atoms with E-state index in [1.807, 2.05) is 38.4 Å². The van der Waals surface area contributed by atoms with E-state index in [2.05, 4.69) is 26.8 Å². The fraction of sp³-hybridized carbons (Fsp3) is 0.550. The number of amides is 2. The van der Waals surface area contributed by atoms with E-state index in [0.717, 1.165) is 15.9 Å². The maximum absolute atomic E-state index is 12.9. The van der Waals surface area contributed by atoms with Crippen LogP contribution in [0.2, 0.25) is 0 Å². The molecule has 2 amide bonds. The summed E-state index contributed by atoms with van der Waals surface area (Å²) in [7, 11) is 0. The number of alkyl halides is 1. The molecular formula is C20H26ClN5O3S. The molecule has 2 N–H and O–H groups in total. The van der Waals surface area contributed by atoms with E-state index in [-0.39, 0.29) is 29.3 Å². The number of fused-ring (bicyclic) bond motifs is 1. The molecule has 1 aromatic heterocycles. The number of hydrogen-bond acceptors (Lipinski definition) is 7. The Morgan fingerprint density at radius 2 is 2.10 bits per heavy atom. The summed E-state index contributed by atoms with van der Waals surface area (Å²) in [6.07, 6.45) is -0.339. The smallest absolute Gasteiger partial charge is 0.410 e. The molecule has 8 nitrogen and oxygen atoms in total. The maximum Gasteiger partial charge on any atom is 0.410 e. The van der Waals surface area contributed by atoms with Crippen LogP contribution in [0.15, 0.2) is 23.7 Å². The van der Waals surface area contributed by atoms with Crippen molar-refractivity contribution in [1.82, 2.24) is 20.7 Å². The van der Waals surface area contributed by atoms with E-state index in [4.69, 9.17) is 16.3 Å². The Bertz CT molecular complexity index is 953. The lowest BCUT2D eigenvalue weighted by molar-refractivity contribution is -0.133. The van der Waals surface area contributed by atoms with Gasteiger partial charge >= 0.3 is 6.09 Å². The number of likely N-dealkylation sites (tertiary alicyclic amines) is 1. The molecule has 162 valence electrons. The summed E-state index contributed by atoms with van der Waals surface area (Å²) >= 11 is 7.26. The van der Waals surface area contributed by atoms with E-state index in [0.29, 0.717) is 26.2 Å². The third-order valence-electron chi connectivity index (χ3n) is 5.58. The van der Waals surface area contributed by atoms with Crippen LogP contribution in [0.1, 0.15) is 20.8 Å². The minimum absolute atomic E-state index is 0.113. The van der Waals surface area contributed by atoms with Gasteiger partial charge in [0.2, 0.25) is 5.91 Å². The Labute approximate surface area is 184 Å². The zero-order chi connectivity index (χ0) is 21.5. The Kier molecular flexibility index (Phi) is 5.54. The van der Waals surface area contributed by atoms with Crippen molar-refractivity contribution in [2.24, 2.45) is 11.3 Å². The largest absolute Gasteiger partial charge is 0.444 e. The van der Waals surface area contributed by atoms with Gasteiger partial charge in [-0.1, -0.05) is 6.07 Å². The van der Waals surface area contributed by atoms with E-state index in [1.165, 1.54) is 0 Å². The summed E-state index contributed by atoms with van der Waals surface area (Å²) in [6, 6.07) is 6.17. The molecule has 2 aromatic rings. The van der Waals surface area contributed by atoms with Crippen molar-refractivity contribution in [2.75, 3.05) is 37.1 Å². The lowest BCUT2D eigenvalue weighted by atomic mass is 9.71. The van der Waals surface area contributed by atoms with E-state index < -0.39 is 5.60 Å². The maximum atomic E-state index is 12.9. The second-order valence-corrected chi connectivity index (χ2v) is 10.0. The molecule has 1 spiro atoms. The minimum Gasteiger partial charge on any atom is -0.444 e. The Morgan fingerprint density at radius 3 is 2.80 bits per heavy atom. The summed E-state index contributed by atoms with van der Waals surface area (Å²) in [6.45, 7) is 7.76. The molecule has 1 unspecified atom stereocenters. The van der Waals surface area contributed by atoms with Gasteiger partial charge in [0.05, 0.1) is 33.3 Å². The average Bonchev–Trinajstić information content (AvgIpc) is 3.27. The molecule has 4 rings (SSSR count). The standard InChI is InChI=1S/C20H26ClN5O3S/c1-19(2,3)29-18(28)26-9-20(10-26)8-25(7-13(20)17(27)24-23-11-21)15-6-4-5-14-16(15)30-12-22-14/h4-6,12-13,23H,7-11H2,1-3H3,(H,24,27). The molecular weight excluding hydrogens is 426 g/mol. The number of ether oxygens (including phenoxy) is 1. The number of carbonyl (C=O) groups excluding carboxylic acids is 2. The van der Waals surface area contributed by atoms with Gasteiger partial charge in [-0.3, -0.25) is 10.2 Å². The zero-order valence-electron chi connectivity index (χ0n) is 17.3. The number of thiazole rings is 1. The highest BCUT2D eigenvalue weighted by molar-refractivity contribution is 7.17. The molecule has 1 aromatic carbocycles. The van der Waals surface area contributed by atoms with Crippen LogP contribution < -0.4 is 15.8 Å². The third-order valence-corrected chi connectivity index (χ3v) is 6.58. The molecule has 0 bridgehead atoms. The van der Waals surface area contributed by atoms with Crippen LogP contribution in [-0.4, -0.2) is 59.7 Å². The van der Waals surface area contributed by atoms with Crippen molar-refractivity contribution in [2.45, 2.75) is 26.4 Å². The van der Waals surface area contributed by atoms with Crippen molar-refractivity contribution in [3.63, 3.8) is 0 Å². The number of benzene rings is 1. The van der Waals surface area contributed by atoms with Crippen LogP contribution in [0.3, 0.4) is 0 Å². The van der Waals surface area contributed by atoms with Crippen molar-refractivity contribution in [3.8, 4) is 0 Å². The first-order chi connectivity index (χ1) is 14.2. The van der Waals surface area contributed by atoms with Crippen molar-refractivity contribution in [3.05, 3.63) is 23.7 Å². The van der Waals surface area contributed by atoms with Gasteiger partial charge in [-0.05, 0) is 32.9 Å². The van der Waals surface area contributed by atoms with E-state index in [9.17, 15) is 9.59 Å². The first-order valence-electron chi connectivity index (χ1n) is 9.86. The molecule has 2 saturated heterocycles. The topological polar surface area (TPSA) is 86.8 Å². The summed E-state index contributed by atoms with van der Waals surface area (Å²) in [5.74, 6) is -0.395. The normalized spacial score (nSPS) is 20.5. The minimum atomic E-state index is -0.551. The SMILES string of the molecule is CC(C)(C)OC(=O)N1CC2(C1)CN(c1cccc3ncsc13)CC2C(=O)NNCCl. The lowest BCUT2D eigenvalue weighted by Gasteiger charge is -2.50. The summed E-state index contributed by atoms with van der Waals surface area (Å²) in [4.78, 5) is 33.7. The Morgan fingerprint density at radius 1 is 1.33 bits per heavy atom. The van der Waals surface area contributed by atoms with E-state index in [1.54, 1.807) is 16.2 Å². The summed E-state index contributed by atoms with van der Waals surface area (Å²) < 4.78 is 6.61. The van der Waals surface area contributed by atoms with Gasteiger partial charge in [0.1, 0.15) is 5.60 Å². The van der Waals surface area contributed by atoms with Crippen LogP contribution in [0, 0.1) is 11.3 Å². The molecule has 30 heavy (non-hydrogen) atoms. The highest BCUT2D eigenvalue weighted by atomic mass is 35.5. The number of halogens is 1. The fourth-order valence-electron chi connectivity index (χ4n) is 4.33. The zero-order valence-corrected chi connectivity index (χ0v) is 18.8. The Balaban J connectivity index is 1.56. The van der Waals surface area contributed by atoms with Gasteiger partial charge in [0, 0.05) is 31.6 Å². The number of nitrogens with zero attached hydrogens (tertiary/aromatic N) is 3. The second-order valence-electron chi connectivity index (χ2n) is 8.91. The molecule has 10 heteroatoms. The number of anilines is 1. The number of aromatic nitrogens is 1. The first-order valence-corrected chi connectivity index (χ1v) is 11.3.